The molecule has 1 heterocycles. The van der Waals surface area contributed by atoms with Crippen LogP contribution >= 0.6 is 0 Å². The maximum absolute atomic E-state index is 13.0. The Morgan fingerprint density at radius 3 is 2.71 bits per heavy atom. The van der Waals surface area contributed by atoms with Gasteiger partial charge in [0.2, 0.25) is 5.91 Å². The molecule has 114 valence electrons. The quantitative estimate of drug-likeness (QED) is 0.871. The van der Waals surface area contributed by atoms with E-state index in [9.17, 15) is 19.1 Å². The van der Waals surface area contributed by atoms with E-state index in [-0.39, 0.29) is 25.7 Å². The van der Waals surface area contributed by atoms with Crippen molar-refractivity contribution in [2.75, 3.05) is 26.9 Å². The molecular weight excluding hydrogens is 281 g/mol. The van der Waals surface area contributed by atoms with Crippen LogP contribution in [0.3, 0.4) is 0 Å². The summed E-state index contributed by atoms with van der Waals surface area (Å²) in [6, 6.07) is 4.55. The number of hydrogen-bond donors (Lipinski definition) is 1. The smallest absolute Gasteiger partial charge is 0.335 e. The number of carboxylic acids is 1. The molecule has 0 spiro atoms. The summed E-state index contributed by atoms with van der Waals surface area (Å²) in [5.41, 5.74) is 0.507. The number of amides is 1. The van der Waals surface area contributed by atoms with Gasteiger partial charge in [-0.2, -0.15) is 0 Å². The van der Waals surface area contributed by atoms with E-state index >= 15 is 0 Å². The summed E-state index contributed by atoms with van der Waals surface area (Å²) in [7, 11) is 1.49. The monoisotopic (exact) mass is 297 g/mol. The maximum Gasteiger partial charge on any atom is 0.335 e. The zero-order valence-electron chi connectivity index (χ0n) is 11.5. The summed E-state index contributed by atoms with van der Waals surface area (Å²) >= 11 is 0. The number of nitrogens with zero attached hydrogens (tertiary/aromatic N) is 1. The molecule has 0 bridgehead atoms. The normalized spacial score (nSPS) is 22.4. The van der Waals surface area contributed by atoms with Crippen LogP contribution < -0.4 is 0 Å². The van der Waals surface area contributed by atoms with Crippen molar-refractivity contribution in [3.8, 4) is 0 Å². The lowest BCUT2D eigenvalue weighted by Gasteiger charge is -2.39. The molecule has 1 amide bonds. The van der Waals surface area contributed by atoms with E-state index in [0.717, 1.165) is 0 Å². The number of halogens is 1. The highest BCUT2D eigenvalue weighted by Crippen LogP contribution is 2.30. The molecule has 2 rings (SSSR count). The van der Waals surface area contributed by atoms with E-state index < -0.39 is 23.9 Å². The number of carboxylic acid groups (broad SMARTS) is 1. The van der Waals surface area contributed by atoms with E-state index in [2.05, 4.69) is 0 Å². The third-order valence-electron chi connectivity index (χ3n) is 3.32. The van der Waals surface area contributed by atoms with Crippen LogP contribution in [0.5, 0.6) is 0 Å². The van der Waals surface area contributed by atoms with Gasteiger partial charge in [-0.15, -0.1) is 0 Å². The van der Waals surface area contributed by atoms with Gasteiger partial charge < -0.3 is 19.5 Å². The van der Waals surface area contributed by atoms with Crippen LogP contribution in [0.2, 0.25) is 0 Å². The van der Waals surface area contributed by atoms with Crippen molar-refractivity contribution < 1.29 is 28.6 Å². The van der Waals surface area contributed by atoms with Gasteiger partial charge in [-0.05, 0) is 17.7 Å². The van der Waals surface area contributed by atoms with Gasteiger partial charge in [-0.3, -0.25) is 4.79 Å². The summed E-state index contributed by atoms with van der Waals surface area (Å²) in [6.45, 7) is 0.221. The second kappa shape index (κ2) is 6.64. The number of methoxy groups -OCH3 is 1. The van der Waals surface area contributed by atoms with E-state index in [1.807, 2.05) is 0 Å². The van der Waals surface area contributed by atoms with Gasteiger partial charge in [-0.25, -0.2) is 9.18 Å². The number of carbonyl (C=O) groups excluding carboxylic acids is 1. The summed E-state index contributed by atoms with van der Waals surface area (Å²) in [6.07, 6.45) is -1.19. The molecule has 1 N–H and O–H groups in total. The summed E-state index contributed by atoms with van der Waals surface area (Å²) in [5.74, 6) is -1.92. The highest BCUT2D eigenvalue weighted by Gasteiger charge is 2.41. The average molecular weight is 297 g/mol. The molecule has 21 heavy (non-hydrogen) atoms. The first-order valence-corrected chi connectivity index (χ1v) is 6.43. The van der Waals surface area contributed by atoms with Crippen LogP contribution in [0.1, 0.15) is 11.6 Å². The van der Waals surface area contributed by atoms with Crippen LogP contribution in [0.15, 0.2) is 24.3 Å². The Kier molecular flexibility index (Phi) is 4.87. The highest BCUT2D eigenvalue weighted by atomic mass is 19.1. The van der Waals surface area contributed by atoms with Gasteiger partial charge in [0.1, 0.15) is 12.4 Å². The highest BCUT2D eigenvalue weighted by molar-refractivity contribution is 5.83. The van der Waals surface area contributed by atoms with Crippen molar-refractivity contribution in [1.82, 2.24) is 4.90 Å². The van der Waals surface area contributed by atoms with Crippen molar-refractivity contribution in [2.45, 2.75) is 12.1 Å². The molecule has 1 saturated heterocycles. The van der Waals surface area contributed by atoms with Crippen LogP contribution in [-0.4, -0.2) is 54.9 Å². The van der Waals surface area contributed by atoms with Gasteiger partial charge >= 0.3 is 5.97 Å². The van der Waals surface area contributed by atoms with E-state index in [1.165, 1.54) is 36.3 Å². The van der Waals surface area contributed by atoms with Crippen molar-refractivity contribution in [3.63, 3.8) is 0 Å². The number of benzene rings is 1. The Morgan fingerprint density at radius 1 is 1.48 bits per heavy atom. The standard InChI is InChI=1S/C14H16FNO5/c1-20-7-6-16-11(17)8-21-13(14(18)19)12(16)9-2-4-10(15)5-3-9/h2-5,12-13H,6-8H2,1H3,(H,18,19). The fraction of sp³-hybridized carbons (Fsp3) is 0.429. The molecule has 1 aromatic rings. The Balaban J connectivity index is 2.35. The lowest BCUT2D eigenvalue weighted by atomic mass is 9.97. The SMILES string of the molecule is COCCN1C(=O)COC(C(=O)O)C1c1ccc(F)cc1. The first kappa shape index (κ1) is 15.4. The number of morpholine rings is 1. The zero-order chi connectivity index (χ0) is 15.4. The third kappa shape index (κ3) is 3.37. The van der Waals surface area contributed by atoms with Crippen molar-refractivity contribution in [1.29, 1.82) is 0 Å². The zero-order valence-corrected chi connectivity index (χ0v) is 11.5. The van der Waals surface area contributed by atoms with Gasteiger partial charge in [0, 0.05) is 13.7 Å². The van der Waals surface area contributed by atoms with Gasteiger partial charge in [0.05, 0.1) is 12.6 Å². The largest absolute Gasteiger partial charge is 0.479 e. The molecule has 0 aliphatic carbocycles. The van der Waals surface area contributed by atoms with E-state index in [1.54, 1.807) is 0 Å². The molecule has 1 aliphatic rings. The van der Waals surface area contributed by atoms with Gasteiger partial charge in [0.25, 0.3) is 0 Å². The Bertz CT molecular complexity index is 519. The van der Waals surface area contributed by atoms with Crippen LogP contribution in [-0.2, 0) is 19.1 Å². The molecule has 1 fully saturated rings. The maximum atomic E-state index is 13.0. The lowest BCUT2D eigenvalue weighted by molar-refractivity contribution is -0.173. The van der Waals surface area contributed by atoms with Crippen molar-refractivity contribution >= 4 is 11.9 Å². The predicted octanol–water partition coefficient (Wildman–Crippen LogP) is 0.825. The van der Waals surface area contributed by atoms with Crippen molar-refractivity contribution in [3.05, 3.63) is 35.6 Å². The molecule has 7 heteroatoms. The van der Waals surface area contributed by atoms with E-state index in [4.69, 9.17) is 9.47 Å². The second-order valence-electron chi connectivity index (χ2n) is 4.65. The molecule has 1 aliphatic heterocycles. The number of hydrogen-bond acceptors (Lipinski definition) is 4. The molecule has 0 saturated carbocycles. The first-order valence-electron chi connectivity index (χ1n) is 6.43. The molecule has 2 unspecified atom stereocenters. The Labute approximate surface area is 121 Å². The van der Waals surface area contributed by atoms with Crippen LogP contribution in [0, 0.1) is 5.82 Å². The number of carbonyl (C=O) groups is 2. The lowest BCUT2D eigenvalue weighted by Crippen LogP contribution is -2.52. The van der Waals surface area contributed by atoms with E-state index in [0.29, 0.717) is 5.56 Å². The topological polar surface area (TPSA) is 76.1 Å². The van der Waals surface area contributed by atoms with Crippen LogP contribution in [0.4, 0.5) is 4.39 Å². The molecule has 2 atom stereocenters. The van der Waals surface area contributed by atoms with Gasteiger partial charge in [0.15, 0.2) is 6.10 Å². The minimum Gasteiger partial charge on any atom is -0.479 e. The summed E-state index contributed by atoms with van der Waals surface area (Å²) in [4.78, 5) is 24.8. The molecule has 6 nitrogen and oxygen atoms in total. The minimum absolute atomic E-state index is 0.241. The van der Waals surface area contributed by atoms with Crippen molar-refractivity contribution in [2.24, 2.45) is 0 Å². The Hall–Kier alpha value is -1.99. The summed E-state index contributed by atoms with van der Waals surface area (Å²) in [5, 5.41) is 9.29. The number of ether oxygens (including phenoxy) is 2. The number of aliphatic carboxylic acids is 1. The predicted molar refractivity (Wildman–Crippen MR) is 70.1 cm³/mol. The first-order chi connectivity index (χ1) is 10.0. The van der Waals surface area contributed by atoms with Gasteiger partial charge in [-0.1, -0.05) is 12.1 Å². The number of rotatable bonds is 5. The fourth-order valence-corrected chi connectivity index (χ4v) is 2.33. The third-order valence-corrected chi connectivity index (χ3v) is 3.32. The fourth-order valence-electron chi connectivity index (χ4n) is 2.33. The Morgan fingerprint density at radius 2 is 2.14 bits per heavy atom. The molecule has 0 aromatic heterocycles. The average Bonchev–Trinajstić information content (AvgIpc) is 2.46. The summed E-state index contributed by atoms with van der Waals surface area (Å²) < 4.78 is 23.1. The second-order valence-corrected chi connectivity index (χ2v) is 4.65. The minimum atomic E-state index is -1.19. The van der Waals surface area contributed by atoms with Crippen LogP contribution in [0.25, 0.3) is 0 Å². The molecular formula is C14H16FNO5. The molecule has 1 aromatic carbocycles. The molecule has 0 radical (unpaired) electrons.